The maximum Gasteiger partial charge on any atom is 0.410 e. The number of carbonyl (C=O) groups excluding carboxylic acids is 1. The third-order valence-corrected chi connectivity index (χ3v) is 5.64. The summed E-state index contributed by atoms with van der Waals surface area (Å²) in [4.78, 5) is 26.1. The van der Waals surface area contributed by atoms with Crippen molar-refractivity contribution in [2.75, 3.05) is 24.2 Å². The van der Waals surface area contributed by atoms with E-state index in [1.165, 1.54) is 6.33 Å². The van der Waals surface area contributed by atoms with E-state index in [0.717, 1.165) is 33.2 Å². The average Bonchev–Trinajstić information content (AvgIpc) is 3.37. The van der Waals surface area contributed by atoms with Crippen molar-refractivity contribution in [3.05, 3.63) is 54.6 Å². The first kappa shape index (κ1) is 20.9. The van der Waals surface area contributed by atoms with Gasteiger partial charge < -0.3 is 25.8 Å². The van der Waals surface area contributed by atoms with E-state index >= 15 is 0 Å². The second-order valence-corrected chi connectivity index (χ2v) is 9.17. The first-order valence-electron chi connectivity index (χ1n) is 10.9. The predicted octanol–water partition coefficient (Wildman–Crippen LogP) is 4.39. The molecule has 1 amide bonds. The van der Waals surface area contributed by atoms with Gasteiger partial charge in [0.05, 0.1) is 11.1 Å². The van der Waals surface area contributed by atoms with Crippen molar-refractivity contribution in [2.45, 2.75) is 32.8 Å². The number of ether oxygens (including phenoxy) is 1. The molecule has 4 aromatic rings. The highest BCUT2D eigenvalue weighted by atomic mass is 16.6. The summed E-state index contributed by atoms with van der Waals surface area (Å²) in [6.07, 6.45) is 5.81. The summed E-state index contributed by atoms with van der Waals surface area (Å²) in [6, 6.07) is 10.1. The lowest BCUT2D eigenvalue weighted by Crippen LogP contribution is -2.39. The molecular formula is C24H27N7O2. The highest BCUT2D eigenvalue weighted by Crippen LogP contribution is 2.31. The maximum atomic E-state index is 12.4. The van der Waals surface area contributed by atoms with Crippen LogP contribution in [0.15, 0.2) is 48.9 Å². The number of nitrogens with two attached hydrogens (primary N) is 1. The van der Waals surface area contributed by atoms with Gasteiger partial charge >= 0.3 is 6.09 Å². The zero-order valence-corrected chi connectivity index (χ0v) is 18.9. The first-order chi connectivity index (χ1) is 15.8. The van der Waals surface area contributed by atoms with Crippen molar-refractivity contribution in [1.82, 2.24) is 24.5 Å². The first-order valence-corrected chi connectivity index (χ1v) is 10.9. The van der Waals surface area contributed by atoms with Crippen LogP contribution in [0.5, 0.6) is 0 Å². The molecule has 170 valence electrons. The average molecular weight is 446 g/mol. The van der Waals surface area contributed by atoms with E-state index in [1.807, 2.05) is 57.3 Å². The Hall–Kier alpha value is -4.01. The number of hydrogen-bond donors (Lipinski definition) is 3. The summed E-state index contributed by atoms with van der Waals surface area (Å²) in [5.41, 5.74) is 4.05. The van der Waals surface area contributed by atoms with Gasteiger partial charge in [-0.05, 0) is 63.1 Å². The monoisotopic (exact) mass is 445 g/mol. The third kappa shape index (κ3) is 4.09. The van der Waals surface area contributed by atoms with E-state index in [-0.39, 0.29) is 6.09 Å². The van der Waals surface area contributed by atoms with Crippen molar-refractivity contribution in [1.29, 1.82) is 0 Å². The van der Waals surface area contributed by atoms with Crippen molar-refractivity contribution >= 4 is 45.1 Å². The molecule has 9 nitrogen and oxygen atoms in total. The lowest BCUT2D eigenvalue weighted by Gasteiger charge is -2.29. The van der Waals surface area contributed by atoms with Gasteiger partial charge in [0.2, 0.25) is 0 Å². The van der Waals surface area contributed by atoms with Crippen LogP contribution in [0.3, 0.4) is 0 Å². The van der Waals surface area contributed by atoms with Crippen LogP contribution in [0.4, 0.5) is 16.3 Å². The van der Waals surface area contributed by atoms with Gasteiger partial charge in [0.1, 0.15) is 17.7 Å². The Kier molecular flexibility index (Phi) is 4.96. The van der Waals surface area contributed by atoms with Crippen LogP contribution in [0.2, 0.25) is 0 Å². The van der Waals surface area contributed by atoms with E-state index in [1.54, 1.807) is 9.58 Å². The van der Waals surface area contributed by atoms with Gasteiger partial charge in [0.25, 0.3) is 0 Å². The largest absolute Gasteiger partial charge is 0.444 e. The minimum atomic E-state index is -0.515. The standard InChI is InChI=1S/C24H27N7O2/c1-24(2,3)33-23(32)30-10-7-15(8-11-30)20-13-18-21(27-14-28-22(18)31(20)25)29-17-4-5-19-16(12-17)6-9-26-19/h4-7,9,12-14,26H,8,10-11,25H2,1-3H3,(H,27,28,29). The molecule has 4 heterocycles. The molecule has 4 N–H and O–H groups in total. The van der Waals surface area contributed by atoms with Crippen molar-refractivity contribution in [3.63, 3.8) is 0 Å². The number of anilines is 2. The number of aromatic amines is 1. The predicted molar refractivity (Wildman–Crippen MR) is 130 cm³/mol. The Labute approximate surface area is 191 Å². The van der Waals surface area contributed by atoms with Crippen molar-refractivity contribution in [3.8, 4) is 0 Å². The van der Waals surface area contributed by atoms with E-state index in [4.69, 9.17) is 10.6 Å². The van der Waals surface area contributed by atoms with Crippen LogP contribution in [0.1, 0.15) is 32.9 Å². The maximum absolute atomic E-state index is 12.4. The van der Waals surface area contributed by atoms with Crippen molar-refractivity contribution in [2.24, 2.45) is 0 Å². The number of nitrogen functional groups attached to an aromatic ring is 1. The van der Waals surface area contributed by atoms with Gasteiger partial charge in [-0.3, -0.25) is 0 Å². The number of amides is 1. The number of carbonyl (C=O) groups is 1. The van der Waals surface area contributed by atoms with Crippen LogP contribution < -0.4 is 11.2 Å². The van der Waals surface area contributed by atoms with E-state index in [2.05, 4.69) is 26.3 Å². The molecule has 0 spiro atoms. The second kappa shape index (κ2) is 7.84. The van der Waals surface area contributed by atoms with E-state index < -0.39 is 5.60 Å². The lowest BCUT2D eigenvalue weighted by molar-refractivity contribution is 0.0270. The smallest absolute Gasteiger partial charge is 0.410 e. The summed E-state index contributed by atoms with van der Waals surface area (Å²) in [5, 5.41) is 5.34. The summed E-state index contributed by atoms with van der Waals surface area (Å²) >= 11 is 0. The fraction of sp³-hybridized carbons (Fsp3) is 0.292. The van der Waals surface area contributed by atoms with Gasteiger partial charge in [-0.25, -0.2) is 19.4 Å². The van der Waals surface area contributed by atoms with E-state index in [0.29, 0.717) is 31.0 Å². The number of nitrogens with zero attached hydrogens (tertiary/aromatic N) is 4. The molecule has 0 bridgehead atoms. The molecule has 0 unspecified atom stereocenters. The molecule has 1 aromatic carbocycles. The summed E-state index contributed by atoms with van der Waals surface area (Å²) in [5.74, 6) is 7.11. The van der Waals surface area contributed by atoms with Gasteiger partial charge in [-0.15, -0.1) is 0 Å². The quantitative estimate of drug-likeness (QED) is 0.403. The SMILES string of the molecule is CC(C)(C)OC(=O)N1CC=C(c2cc3c(Nc4ccc5[nH]ccc5c4)ncnc3n2N)CC1. The molecule has 5 rings (SSSR count). The van der Waals surface area contributed by atoms with Crippen LogP contribution in [0, 0.1) is 0 Å². The minimum Gasteiger partial charge on any atom is -0.444 e. The number of benzene rings is 1. The molecule has 0 atom stereocenters. The molecular weight excluding hydrogens is 418 g/mol. The molecule has 0 saturated carbocycles. The van der Waals surface area contributed by atoms with E-state index in [9.17, 15) is 4.79 Å². The Morgan fingerprint density at radius 3 is 2.82 bits per heavy atom. The molecule has 33 heavy (non-hydrogen) atoms. The fourth-order valence-corrected chi connectivity index (χ4v) is 4.04. The molecule has 0 aliphatic carbocycles. The minimum absolute atomic E-state index is 0.303. The van der Waals surface area contributed by atoms with Crippen LogP contribution in [-0.4, -0.2) is 49.3 Å². The topological polar surface area (TPSA) is 114 Å². The second-order valence-electron chi connectivity index (χ2n) is 9.17. The number of hydrogen-bond acceptors (Lipinski definition) is 6. The Bertz CT molecular complexity index is 1380. The number of nitrogens with one attached hydrogen (secondary N) is 2. The highest BCUT2D eigenvalue weighted by Gasteiger charge is 2.25. The van der Waals surface area contributed by atoms with Crippen LogP contribution in [0.25, 0.3) is 27.5 Å². The number of rotatable bonds is 3. The fourth-order valence-electron chi connectivity index (χ4n) is 4.04. The molecule has 1 aliphatic heterocycles. The van der Waals surface area contributed by atoms with Gasteiger partial charge in [-0.1, -0.05) is 6.08 Å². The Morgan fingerprint density at radius 1 is 1.21 bits per heavy atom. The number of H-pyrrole nitrogens is 1. The summed E-state index contributed by atoms with van der Waals surface area (Å²) in [6.45, 7) is 6.64. The lowest BCUT2D eigenvalue weighted by atomic mass is 10.0. The van der Waals surface area contributed by atoms with Gasteiger partial charge in [-0.2, -0.15) is 0 Å². The number of fused-ring (bicyclic) bond motifs is 2. The normalized spacial score (nSPS) is 14.5. The molecule has 0 saturated heterocycles. The zero-order valence-electron chi connectivity index (χ0n) is 18.9. The summed E-state index contributed by atoms with van der Waals surface area (Å²) in [7, 11) is 0. The highest BCUT2D eigenvalue weighted by molar-refractivity contribution is 5.94. The molecule has 0 radical (unpaired) electrons. The Balaban J connectivity index is 1.41. The van der Waals surface area contributed by atoms with Crippen LogP contribution in [-0.2, 0) is 4.74 Å². The zero-order chi connectivity index (χ0) is 23.2. The van der Waals surface area contributed by atoms with Gasteiger partial charge in [0.15, 0.2) is 5.65 Å². The molecule has 0 fully saturated rings. The Morgan fingerprint density at radius 2 is 2.06 bits per heavy atom. The van der Waals surface area contributed by atoms with Crippen molar-refractivity contribution < 1.29 is 9.53 Å². The molecule has 1 aliphatic rings. The summed E-state index contributed by atoms with van der Waals surface area (Å²) < 4.78 is 7.07. The molecule has 3 aromatic heterocycles. The third-order valence-electron chi connectivity index (χ3n) is 5.64. The number of aromatic nitrogens is 4. The molecule has 9 heteroatoms. The van der Waals surface area contributed by atoms with Crippen LogP contribution >= 0.6 is 0 Å². The van der Waals surface area contributed by atoms with Gasteiger partial charge in [0, 0.05) is 35.9 Å².